The second kappa shape index (κ2) is 7.10. The predicted molar refractivity (Wildman–Crippen MR) is 134 cm³/mol. The van der Waals surface area contributed by atoms with E-state index in [1.807, 2.05) is 31.4 Å². The summed E-state index contributed by atoms with van der Waals surface area (Å²) in [7, 11) is 3.95. The van der Waals surface area contributed by atoms with Crippen LogP contribution >= 0.6 is 0 Å². The standard InChI is InChI=1S/C29H33N3O3/c1-27-9-8-20-13-22-25(33)26(34)23(32(2)3)14-28(22)10-11-29(20,35-28)24(27)7-6-21(27)17-4-5-18-15-30-31-16-19(18)12-17/h4-6,8,12-13,15-16,23-26,33-34H,7,9-11,14H2,1-3H3/t23-,24+,25+,26+,27+,28+,29+/m0/s1. The highest BCUT2D eigenvalue weighted by atomic mass is 16.5. The largest absolute Gasteiger partial charge is 0.388 e. The first kappa shape index (κ1) is 21.9. The van der Waals surface area contributed by atoms with Gasteiger partial charge in [0.1, 0.15) is 6.10 Å². The van der Waals surface area contributed by atoms with Gasteiger partial charge < -0.3 is 19.8 Å². The van der Waals surface area contributed by atoms with Gasteiger partial charge >= 0.3 is 0 Å². The smallest absolute Gasteiger partial charge is 0.105 e. The van der Waals surface area contributed by atoms with E-state index < -0.39 is 17.8 Å². The number of allylic oxidation sites excluding steroid dienone is 3. The van der Waals surface area contributed by atoms with Crippen molar-refractivity contribution < 1.29 is 14.9 Å². The number of hydrogen-bond acceptors (Lipinski definition) is 6. The Balaban J connectivity index is 1.30. The normalized spacial score (nSPS) is 41.7. The van der Waals surface area contributed by atoms with Crippen LogP contribution in [0.1, 0.15) is 44.6 Å². The molecule has 2 bridgehead atoms. The molecule has 182 valence electrons. The molecule has 3 aliphatic carbocycles. The van der Waals surface area contributed by atoms with Crippen LogP contribution in [0.4, 0.5) is 0 Å². The summed E-state index contributed by atoms with van der Waals surface area (Å²) in [5.74, 6) is 0.343. The fourth-order valence-corrected chi connectivity index (χ4v) is 8.11. The number of benzene rings is 1. The summed E-state index contributed by atoms with van der Waals surface area (Å²) < 4.78 is 7.23. The minimum atomic E-state index is -0.889. The Morgan fingerprint density at radius 3 is 2.66 bits per heavy atom. The number of aliphatic hydroxyl groups is 2. The van der Waals surface area contributed by atoms with Gasteiger partial charge in [-0.25, -0.2) is 0 Å². The summed E-state index contributed by atoms with van der Waals surface area (Å²) >= 11 is 0. The van der Waals surface area contributed by atoms with Gasteiger partial charge in [0, 0.05) is 28.1 Å². The van der Waals surface area contributed by atoms with E-state index >= 15 is 0 Å². The Kier molecular flexibility index (Phi) is 4.44. The first-order chi connectivity index (χ1) is 16.8. The lowest BCUT2D eigenvalue weighted by Crippen LogP contribution is -2.61. The molecule has 35 heavy (non-hydrogen) atoms. The zero-order valence-corrected chi connectivity index (χ0v) is 20.6. The molecule has 2 aliphatic heterocycles. The van der Waals surface area contributed by atoms with Crippen LogP contribution < -0.4 is 0 Å². The predicted octanol–water partition coefficient (Wildman–Crippen LogP) is 3.65. The van der Waals surface area contributed by atoms with Gasteiger partial charge in [0.05, 0.1) is 29.7 Å². The van der Waals surface area contributed by atoms with E-state index in [1.54, 1.807) is 0 Å². The number of nitrogens with zero attached hydrogens (tertiary/aromatic N) is 3. The maximum absolute atomic E-state index is 11.1. The van der Waals surface area contributed by atoms with Gasteiger partial charge in [0.25, 0.3) is 0 Å². The first-order valence-electron chi connectivity index (χ1n) is 12.8. The lowest BCUT2D eigenvalue weighted by atomic mass is 9.58. The van der Waals surface area contributed by atoms with Gasteiger partial charge in [0.2, 0.25) is 0 Å². The molecule has 2 N–H and O–H groups in total. The SMILES string of the molecule is CN(C)[C@H]1C[C@@]23CC[C@@]4(O2)C(=CC[C@]2(C)C(c5ccc6cnncc6c5)=CC[C@H]24)C=C3[C@@H](O)[C@@H]1O. The second-order valence-electron chi connectivity index (χ2n) is 11.8. The van der Waals surface area contributed by atoms with E-state index in [0.29, 0.717) is 12.3 Å². The number of rotatable bonds is 2. The topological polar surface area (TPSA) is 78.7 Å². The van der Waals surface area contributed by atoms with E-state index in [-0.39, 0.29) is 17.1 Å². The maximum atomic E-state index is 11.1. The van der Waals surface area contributed by atoms with Crippen molar-refractivity contribution >= 4 is 16.3 Å². The van der Waals surface area contributed by atoms with Crippen LogP contribution in [0, 0.1) is 11.3 Å². The van der Waals surface area contributed by atoms with Gasteiger partial charge in [-0.2, -0.15) is 10.2 Å². The Morgan fingerprint density at radius 1 is 1.06 bits per heavy atom. The van der Waals surface area contributed by atoms with Crippen LogP contribution in [-0.4, -0.2) is 68.9 Å². The lowest BCUT2D eigenvalue weighted by Gasteiger charge is -2.55. The van der Waals surface area contributed by atoms with E-state index in [2.05, 4.69) is 53.5 Å². The van der Waals surface area contributed by atoms with Crippen molar-refractivity contribution in [2.24, 2.45) is 11.3 Å². The second-order valence-corrected chi connectivity index (χ2v) is 11.8. The zero-order valence-electron chi connectivity index (χ0n) is 20.6. The highest BCUT2D eigenvalue weighted by Crippen LogP contribution is 2.67. The van der Waals surface area contributed by atoms with Crippen LogP contribution in [0.25, 0.3) is 16.3 Å². The molecule has 7 atom stereocenters. The number of aliphatic hydroxyl groups excluding tert-OH is 2. The summed E-state index contributed by atoms with van der Waals surface area (Å²) in [6.45, 7) is 2.41. The molecule has 2 fully saturated rings. The number of fused-ring (bicyclic) bond motifs is 2. The molecule has 1 aromatic carbocycles. The van der Waals surface area contributed by atoms with Gasteiger partial charge in [-0.05, 0) is 74.5 Å². The Labute approximate surface area is 206 Å². The number of hydrogen-bond donors (Lipinski definition) is 2. The number of aromatic nitrogens is 2. The molecule has 2 spiro atoms. The fourth-order valence-electron chi connectivity index (χ4n) is 8.11. The molecule has 0 amide bonds. The van der Waals surface area contributed by atoms with Crippen molar-refractivity contribution in [2.45, 2.75) is 68.5 Å². The Hall–Kier alpha value is -2.38. The maximum Gasteiger partial charge on any atom is 0.105 e. The summed E-state index contributed by atoms with van der Waals surface area (Å²) in [5.41, 5.74) is 3.89. The van der Waals surface area contributed by atoms with E-state index in [9.17, 15) is 10.2 Å². The molecule has 5 aliphatic rings. The molecule has 6 heteroatoms. The Morgan fingerprint density at radius 2 is 1.86 bits per heavy atom. The van der Waals surface area contributed by atoms with Crippen molar-refractivity contribution in [1.29, 1.82) is 0 Å². The molecule has 1 saturated heterocycles. The van der Waals surface area contributed by atoms with Crippen molar-refractivity contribution in [1.82, 2.24) is 15.1 Å². The van der Waals surface area contributed by atoms with Gasteiger partial charge in [-0.3, -0.25) is 0 Å². The van der Waals surface area contributed by atoms with Crippen molar-refractivity contribution in [3.63, 3.8) is 0 Å². The monoisotopic (exact) mass is 471 g/mol. The molecule has 6 nitrogen and oxygen atoms in total. The third-order valence-corrected chi connectivity index (χ3v) is 9.95. The average molecular weight is 472 g/mol. The molecule has 3 heterocycles. The van der Waals surface area contributed by atoms with Crippen LogP contribution in [0.3, 0.4) is 0 Å². The van der Waals surface area contributed by atoms with E-state index in [1.165, 1.54) is 16.7 Å². The quantitative estimate of drug-likeness (QED) is 0.696. The zero-order chi connectivity index (χ0) is 24.2. The van der Waals surface area contributed by atoms with Crippen LogP contribution in [0.15, 0.2) is 60.0 Å². The summed E-state index contributed by atoms with van der Waals surface area (Å²) in [5, 5.41) is 32.3. The fraction of sp³-hybridized carbons (Fsp3) is 0.517. The highest BCUT2D eigenvalue weighted by molar-refractivity contribution is 5.86. The summed E-state index contributed by atoms with van der Waals surface area (Å²) in [4.78, 5) is 2.03. The van der Waals surface area contributed by atoms with Gasteiger partial charge in [-0.15, -0.1) is 0 Å². The van der Waals surface area contributed by atoms with Crippen molar-refractivity contribution in [2.75, 3.05) is 14.1 Å². The molecule has 2 aromatic rings. The first-order valence-corrected chi connectivity index (χ1v) is 12.8. The Bertz CT molecular complexity index is 1330. The molecule has 0 unspecified atom stereocenters. The van der Waals surface area contributed by atoms with Crippen LogP contribution in [0.5, 0.6) is 0 Å². The minimum Gasteiger partial charge on any atom is -0.388 e. The summed E-state index contributed by atoms with van der Waals surface area (Å²) in [6, 6.07) is 6.48. The minimum absolute atomic E-state index is 0.0255. The molecule has 7 rings (SSSR count). The van der Waals surface area contributed by atoms with Crippen LogP contribution in [0.2, 0.25) is 0 Å². The van der Waals surface area contributed by atoms with Gasteiger partial charge in [0.15, 0.2) is 0 Å². The third kappa shape index (κ3) is 2.74. The van der Waals surface area contributed by atoms with E-state index in [4.69, 9.17) is 4.74 Å². The molecule has 1 aromatic heterocycles. The third-order valence-electron chi connectivity index (χ3n) is 9.95. The highest BCUT2D eigenvalue weighted by Gasteiger charge is 2.67. The van der Waals surface area contributed by atoms with Crippen molar-refractivity contribution in [3.8, 4) is 0 Å². The molecular weight excluding hydrogens is 438 g/mol. The average Bonchev–Trinajstić information content (AvgIpc) is 3.37. The summed E-state index contributed by atoms with van der Waals surface area (Å²) in [6.07, 6.45) is 13.4. The van der Waals surface area contributed by atoms with E-state index in [0.717, 1.165) is 42.0 Å². The molecule has 1 saturated carbocycles. The molecular formula is C29H33N3O3. The molecule has 0 radical (unpaired) electrons. The van der Waals surface area contributed by atoms with Crippen LogP contribution in [-0.2, 0) is 4.74 Å². The number of likely N-dealkylation sites (N-methyl/N-ethyl adjacent to an activating group) is 1. The van der Waals surface area contributed by atoms with Gasteiger partial charge in [-0.1, -0.05) is 37.3 Å². The number of ether oxygens (including phenoxy) is 1. The lowest BCUT2D eigenvalue weighted by molar-refractivity contribution is -0.161. The van der Waals surface area contributed by atoms with Crippen molar-refractivity contribution in [3.05, 3.63) is 65.5 Å².